The van der Waals surface area contributed by atoms with Gasteiger partial charge in [0.25, 0.3) is 0 Å². The van der Waals surface area contributed by atoms with Crippen molar-refractivity contribution in [1.29, 1.82) is 5.26 Å². The molecule has 0 N–H and O–H groups in total. The molecule has 0 spiro atoms. The van der Waals surface area contributed by atoms with Crippen molar-refractivity contribution in [2.24, 2.45) is 0 Å². The third-order valence-corrected chi connectivity index (χ3v) is 4.45. The number of pyridine rings is 1. The van der Waals surface area contributed by atoms with E-state index in [1.807, 2.05) is 56.3 Å². The number of rotatable bonds is 3. The van der Waals surface area contributed by atoms with Gasteiger partial charge in [0, 0.05) is 29.3 Å². The van der Waals surface area contributed by atoms with Gasteiger partial charge in [-0.1, -0.05) is 6.07 Å². The molecule has 0 aliphatic carbocycles. The average molecular weight is 343 g/mol. The standard InChI is InChI=1S/C21H17N3O2/c1-14-9-16(10-17(12-22)19-5-3-4-8-23-19)15(2)24(14)18-6-7-20-21(11-18)26-13-25-20/h3-11H,13H2,1-2H3. The lowest BCUT2D eigenvalue weighted by Crippen LogP contribution is -1.99. The Hall–Kier alpha value is -3.52. The number of nitriles is 1. The molecule has 0 fully saturated rings. The van der Waals surface area contributed by atoms with Crippen LogP contribution in [-0.2, 0) is 0 Å². The number of aryl methyl sites for hydroxylation is 1. The molecule has 0 saturated heterocycles. The van der Waals surface area contributed by atoms with Gasteiger partial charge in [-0.3, -0.25) is 4.98 Å². The van der Waals surface area contributed by atoms with Crippen LogP contribution < -0.4 is 9.47 Å². The molecular weight excluding hydrogens is 326 g/mol. The summed E-state index contributed by atoms with van der Waals surface area (Å²) in [6, 6.07) is 15.8. The van der Waals surface area contributed by atoms with Gasteiger partial charge in [0.1, 0.15) is 6.07 Å². The second-order valence-corrected chi connectivity index (χ2v) is 6.08. The van der Waals surface area contributed by atoms with Gasteiger partial charge in [-0.25, -0.2) is 0 Å². The van der Waals surface area contributed by atoms with Crippen molar-refractivity contribution in [2.45, 2.75) is 13.8 Å². The molecule has 0 unspecified atom stereocenters. The van der Waals surface area contributed by atoms with E-state index in [1.54, 1.807) is 6.20 Å². The van der Waals surface area contributed by atoms with Crippen molar-refractivity contribution >= 4 is 11.6 Å². The number of aromatic nitrogens is 2. The molecule has 5 nitrogen and oxygen atoms in total. The average Bonchev–Trinajstić information content (AvgIpc) is 3.24. The highest BCUT2D eigenvalue weighted by atomic mass is 16.7. The summed E-state index contributed by atoms with van der Waals surface area (Å²) in [5.74, 6) is 1.51. The third kappa shape index (κ3) is 2.72. The number of benzene rings is 1. The zero-order chi connectivity index (χ0) is 18.1. The summed E-state index contributed by atoms with van der Waals surface area (Å²) < 4.78 is 13.0. The molecule has 128 valence electrons. The molecule has 2 aromatic heterocycles. The van der Waals surface area contributed by atoms with Gasteiger partial charge in [-0.15, -0.1) is 0 Å². The maximum absolute atomic E-state index is 9.54. The van der Waals surface area contributed by atoms with Crippen LogP contribution in [-0.4, -0.2) is 16.3 Å². The van der Waals surface area contributed by atoms with Crippen LogP contribution in [0.3, 0.4) is 0 Å². The van der Waals surface area contributed by atoms with E-state index in [-0.39, 0.29) is 6.79 Å². The molecule has 4 rings (SSSR count). The van der Waals surface area contributed by atoms with Crippen LogP contribution in [0.25, 0.3) is 17.3 Å². The Morgan fingerprint density at radius 2 is 2.00 bits per heavy atom. The van der Waals surface area contributed by atoms with E-state index >= 15 is 0 Å². The summed E-state index contributed by atoms with van der Waals surface area (Å²) in [7, 11) is 0. The van der Waals surface area contributed by atoms with Gasteiger partial charge in [-0.05, 0) is 55.8 Å². The first-order valence-corrected chi connectivity index (χ1v) is 8.29. The number of ether oxygens (including phenoxy) is 2. The Balaban J connectivity index is 1.78. The fourth-order valence-corrected chi connectivity index (χ4v) is 3.20. The summed E-state index contributed by atoms with van der Waals surface area (Å²) in [6.07, 6.45) is 3.57. The second-order valence-electron chi connectivity index (χ2n) is 6.08. The van der Waals surface area contributed by atoms with Gasteiger partial charge < -0.3 is 14.0 Å². The summed E-state index contributed by atoms with van der Waals surface area (Å²) in [6.45, 7) is 4.34. The lowest BCUT2D eigenvalue weighted by atomic mass is 10.1. The van der Waals surface area contributed by atoms with Crippen molar-refractivity contribution in [3.8, 4) is 23.3 Å². The molecule has 0 radical (unpaired) electrons. The zero-order valence-electron chi connectivity index (χ0n) is 14.6. The second kappa shape index (κ2) is 6.41. The maximum atomic E-state index is 9.54. The molecule has 1 aliphatic rings. The van der Waals surface area contributed by atoms with Gasteiger partial charge in [0.05, 0.1) is 11.3 Å². The van der Waals surface area contributed by atoms with Gasteiger partial charge in [0.2, 0.25) is 6.79 Å². The molecule has 0 amide bonds. The number of hydrogen-bond acceptors (Lipinski definition) is 4. The fourth-order valence-electron chi connectivity index (χ4n) is 3.20. The molecule has 1 aromatic carbocycles. The maximum Gasteiger partial charge on any atom is 0.231 e. The highest BCUT2D eigenvalue weighted by Gasteiger charge is 2.16. The number of fused-ring (bicyclic) bond motifs is 1. The van der Waals surface area contributed by atoms with Crippen LogP contribution in [0.4, 0.5) is 0 Å². The van der Waals surface area contributed by atoms with Crippen LogP contribution in [0.1, 0.15) is 22.6 Å². The van der Waals surface area contributed by atoms with Crippen LogP contribution in [0, 0.1) is 25.2 Å². The SMILES string of the molecule is Cc1cc(C=C(C#N)c2ccccn2)c(C)n1-c1ccc2c(c1)OCO2. The van der Waals surface area contributed by atoms with Crippen LogP contribution in [0.2, 0.25) is 0 Å². The van der Waals surface area contributed by atoms with Gasteiger partial charge in [0.15, 0.2) is 11.5 Å². The summed E-state index contributed by atoms with van der Waals surface area (Å²) in [5, 5.41) is 9.54. The Morgan fingerprint density at radius 1 is 1.15 bits per heavy atom. The molecule has 1 aliphatic heterocycles. The summed E-state index contributed by atoms with van der Waals surface area (Å²) >= 11 is 0. The number of allylic oxidation sites excluding steroid dienone is 1. The van der Waals surface area contributed by atoms with E-state index in [0.29, 0.717) is 11.3 Å². The molecule has 0 bridgehead atoms. The van der Waals surface area contributed by atoms with Crippen molar-refractivity contribution < 1.29 is 9.47 Å². The van der Waals surface area contributed by atoms with Crippen LogP contribution in [0.5, 0.6) is 11.5 Å². The zero-order valence-corrected chi connectivity index (χ0v) is 14.6. The van der Waals surface area contributed by atoms with E-state index < -0.39 is 0 Å². The molecule has 0 atom stereocenters. The van der Waals surface area contributed by atoms with Crippen LogP contribution >= 0.6 is 0 Å². The largest absolute Gasteiger partial charge is 0.454 e. The molecule has 26 heavy (non-hydrogen) atoms. The van der Waals surface area contributed by atoms with Gasteiger partial charge in [-0.2, -0.15) is 5.26 Å². The van der Waals surface area contributed by atoms with Crippen molar-refractivity contribution in [3.05, 3.63) is 71.3 Å². The minimum Gasteiger partial charge on any atom is -0.454 e. The number of nitrogens with zero attached hydrogens (tertiary/aromatic N) is 3. The van der Waals surface area contributed by atoms with Crippen molar-refractivity contribution in [3.63, 3.8) is 0 Å². The summed E-state index contributed by atoms with van der Waals surface area (Å²) in [5.41, 5.74) is 5.32. The Bertz CT molecular complexity index is 1040. The van der Waals surface area contributed by atoms with Crippen molar-refractivity contribution in [2.75, 3.05) is 6.79 Å². The lowest BCUT2D eigenvalue weighted by Gasteiger charge is -2.10. The molecule has 3 aromatic rings. The fraction of sp³-hybridized carbons (Fsp3) is 0.143. The van der Waals surface area contributed by atoms with Crippen molar-refractivity contribution in [1.82, 2.24) is 9.55 Å². The highest BCUT2D eigenvalue weighted by Crippen LogP contribution is 2.35. The molecule has 0 saturated carbocycles. The minimum absolute atomic E-state index is 0.256. The third-order valence-electron chi connectivity index (χ3n) is 4.45. The van der Waals surface area contributed by atoms with E-state index in [0.717, 1.165) is 34.1 Å². The first-order valence-electron chi connectivity index (χ1n) is 8.29. The molecule has 5 heteroatoms. The monoisotopic (exact) mass is 343 g/mol. The quantitative estimate of drug-likeness (QED) is 0.666. The van der Waals surface area contributed by atoms with E-state index in [2.05, 4.69) is 21.7 Å². The van der Waals surface area contributed by atoms with Crippen LogP contribution in [0.15, 0.2) is 48.7 Å². The highest BCUT2D eigenvalue weighted by molar-refractivity contribution is 5.88. The summed E-state index contributed by atoms with van der Waals surface area (Å²) in [4.78, 5) is 4.27. The van der Waals surface area contributed by atoms with Gasteiger partial charge >= 0.3 is 0 Å². The minimum atomic E-state index is 0.256. The predicted molar refractivity (Wildman–Crippen MR) is 99.1 cm³/mol. The normalized spacial score (nSPS) is 12.9. The predicted octanol–water partition coefficient (Wildman–Crippen LogP) is 4.28. The Labute approximate surface area is 151 Å². The lowest BCUT2D eigenvalue weighted by molar-refractivity contribution is 0.174. The topological polar surface area (TPSA) is 60.1 Å². The Morgan fingerprint density at radius 3 is 2.77 bits per heavy atom. The smallest absolute Gasteiger partial charge is 0.231 e. The van der Waals surface area contributed by atoms with E-state index in [9.17, 15) is 5.26 Å². The first-order chi connectivity index (χ1) is 12.7. The number of hydrogen-bond donors (Lipinski definition) is 0. The first kappa shape index (κ1) is 16.0. The molecular formula is C21H17N3O2. The van der Waals surface area contributed by atoms with E-state index in [1.165, 1.54) is 0 Å². The molecule has 3 heterocycles. The Kier molecular flexibility index (Phi) is 3.94. The van der Waals surface area contributed by atoms with E-state index in [4.69, 9.17) is 9.47 Å².